The van der Waals surface area contributed by atoms with Gasteiger partial charge < -0.3 is 10.2 Å². The highest BCUT2D eigenvalue weighted by molar-refractivity contribution is 5.42. The molecule has 2 aliphatic heterocycles. The highest BCUT2D eigenvalue weighted by Crippen LogP contribution is 2.40. The predicted octanol–water partition coefficient (Wildman–Crippen LogP) is 1.92. The summed E-state index contributed by atoms with van der Waals surface area (Å²) in [7, 11) is 0. The Balaban J connectivity index is 1.64. The van der Waals surface area contributed by atoms with Crippen molar-refractivity contribution in [1.29, 1.82) is 5.26 Å². The molecule has 0 bridgehead atoms. The molecule has 100 valence electrons. The lowest BCUT2D eigenvalue weighted by Gasteiger charge is -2.44. The summed E-state index contributed by atoms with van der Waals surface area (Å²) in [4.78, 5) is 6.75. The molecule has 3 rings (SSSR count). The first-order valence-corrected chi connectivity index (χ1v) is 7.13. The van der Waals surface area contributed by atoms with Crippen LogP contribution in [0.25, 0.3) is 0 Å². The molecular formula is C15H20N4. The van der Waals surface area contributed by atoms with Crippen LogP contribution in [0.3, 0.4) is 0 Å². The summed E-state index contributed by atoms with van der Waals surface area (Å²) in [5, 5.41) is 12.3. The Kier molecular flexibility index (Phi) is 3.39. The van der Waals surface area contributed by atoms with Crippen molar-refractivity contribution in [2.75, 3.05) is 31.1 Å². The monoisotopic (exact) mass is 256 g/mol. The molecule has 1 aromatic rings. The Morgan fingerprint density at radius 2 is 1.89 bits per heavy atom. The second-order valence-corrected chi connectivity index (χ2v) is 5.75. The molecule has 0 radical (unpaired) electrons. The van der Waals surface area contributed by atoms with Crippen molar-refractivity contribution < 1.29 is 0 Å². The molecule has 3 heterocycles. The maximum Gasteiger partial charge on any atom is 0.128 e. The van der Waals surface area contributed by atoms with Gasteiger partial charge in [-0.1, -0.05) is 0 Å². The van der Waals surface area contributed by atoms with Crippen molar-refractivity contribution in [3.63, 3.8) is 0 Å². The number of anilines is 1. The van der Waals surface area contributed by atoms with Crippen molar-refractivity contribution >= 4 is 5.82 Å². The van der Waals surface area contributed by atoms with Crippen LogP contribution in [0.15, 0.2) is 18.3 Å². The summed E-state index contributed by atoms with van der Waals surface area (Å²) in [5.74, 6) is 1.02. The topological polar surface area (TPSA) is 52.0 Å². The number of aromatic nitrogens is 1. The molecule has 1 aromatic heterocycles. The number of rotatable bonds is 1. The lowest BCUT2D eigenvalue weighted by Crippen LogP contribution is -2.45. The van der Waals surface area contributed by atoms with Crippen LogP contribution in [0.5, 0.6) is 0 Å². The van der Waals surface area contributed by atoms with Gasteiger partial charge in [0.05, 0.1) is 5.56 Å². The standard InChI is InChI=1S/C15H20N4/c16-11-13-1-2-14(18-12-13)19-9-5-15(6-10-19)3-7-17-8-4-15/h1-2,12,17H,3-10H2. The Hall–Kier alpha value is -1.60. The maximum absolute atomic E-state index is 8.80. The minimum Gasteiger partial charge on any atom is -0.357 e. The van der Waals surface area contributed by atoms with E-state index in [0.29, 0.717) is 11.0 Å². The van der Waals surface area contributed by atoms with Crippen LogP contribution in [-0.2, 0) is 0 Å². The van der Waals surface area contributed by atoms with E-state index in [2.05, 4.69) is 21.3 Å². The van der Waals surface area contributed by atoms with Gasteiger partial charge in [-0.05, 0) is 56.3 Å². The van der Waals surface area contributed by atoms with Crippen molar-refractivity contribution in [1.82, 2.24) is 10.3 Å². The molecule has 1 spiro atoms. The van der Waals surface area contributed by atoms with Gasteiger partial charge in [-0.15, -0.1) is 0 Å². The maximum atomic E-state index is 8.80. The number of nitrogens with one attached hydrogen (secondary N) is 1. The van der Waals surface area contributed by atoms with Gasteiger partial charge >= 0.3 is 0 Å². The lowest BCUT2D eigenvalue weighted by molar-refractivity contribution is 0.154. The van der Waals surface area contributed by atoms with E-state index < -0.39 is 0 Å². The quantitative estimate of drug-likeness (QED) is 0.834. The lowest BCUT2D eigenvalue weighted by atomic mass is 9.71. The molecule has 19 heavy (non-hydrogen) atoms. The van der Waals surface area contributed by atoms with Gasteiger partial charge in [0.1, 0.15) is 11.9 Å². The van der Waals surface area contributed by atoms with Crippen LogP contribution in [-0.4, -0.2) is 31.2 Å². The number of hydrogen-bond acceptors (Lipinski definition) is 4. The van der Waals surface area contributed by atoms with Crippen LogP contribution in [0.1, 0.15) is 31.2 Å². The van der Waals surface area contributed by atoms with Crippen LogP contribution in [0.4, 0.5) is 5.82 Å². The summed E-state index contributed by atoms with van der Waals surface area (Å²) in [6.45, 7) is 4.54. The molecule has 2 fully saturated rings. The first kappa shape index (κ1) is 12.4. The molecule has 0 saturated carbocycles. The van der Waals surface area contributed by atoms with E-state index in [1.807, 2.05) is 12.1 Å². The number of nitrogens with zero attached hydrogens (tertiary/aromatic N) is 3. The Morgan fingerprint density at radius 1 is 1.16 bits per heavy atom. The second kappa shape index (κ2) is 5.18. The number of pyridine rings is 1. The first-order valence-electron chi connectivity index (χ1n) is 7.13. The zero-order valence-corrected chi connectivity index (χ0v) is 11.2. The van der Waals surface area contributed by atoms with Gasteiger partial charge in [-0.3, -0.25) is 0 Å². The third-order valence-corrected chi connectivity index (χ3v) is 4.69. The van der Waals surface area contributed by atoms with Crippen molar-refractivity contribution in [3.05, 3.63) is 23.9 Å². The Labute approximate surface area is 114 Å². The Morgan fingerprint density at radius 3 is 2.47 bits per heavy atom. The minimum atomic E-state index is 0.578. The predicted molar refractivity (Wildman–Crippen MR) is 74.9 cm³/mol. The Bertz CT molecular complexity index is 458. The van der Waals surface area contributed by atoms with E-state index in [4.69, 9.17) is 5.26 Å². The fourth-order valence-corrected chi connectivity index (χ4v) is 3.31. The number of hydrogen-bond donors (Lipinski definition) is 1. The van der Waals surface area contributed by atoms with Gasteiger partial charge in [0.15, 0.2) is 0 Å². The van der Waals surface area contributed by atoms with E-state index >= 15 is 0 Å². The van der Waals surface area contributed by atoms with Crippen LogP contribution < -0.4 is 10.2 Å². The van der Waals surface area contributed by atoms with Crippen LogP contribution in [0.2, 0.25) is 0 Å². The molecule has 4 heteroatoms. The fourth-order valence-electron chi connectivity index (χ4n) is 3.31. The summed E-state index contributed by atoms with van der Waals surface area (Å²) in [6, 6.07) is 5.95. The van der Waals surface area contributed by atoms with E-state index in [-0.39, 0.29) is 0 Å². The van der Waals surface area contributed by atoms with Gasteiger partial charge in [0.2, 0.25) is 0 Å². The van der Waals surface area contributed by atoms with Crippen LogP contribution >= 0.6 is 0 Å². The minimum absolute atomic E-state index is 0.578. The number of piperidine rings is 2. The molecule has 1 N–H and O–H groups in total. The van der Waals surface area contributed by atoms with E-state index in [0.717, 1.165) is 18.9 Å². The van der Waals surface area contributed by atoms with Crippen molar-refractivity contribution in [2.45, 2.75) is 25.7 Å². The molecular weight excluding hydrogens is 236 g/mol. The molecule has 4 nitrogen and oxygen atoms in total. The molecule has 0 amide bonds. The van der Waals surface area contributed by atoms with E-state index in [1.165, 1.54) is 38.8 Å². The van der Waals surface area contributed by atoms with Crippen LogP contribution in [0, 0.1) is 16.7 Å². The molecule has 0 atom stereocenters. The summed E-state index contributed by atoms with van der Waals surface area (Å²) in [5.41, 5.74) is 1.21. The average Bonchev–Trinajstić information content (AvgIpc) is 2.49. The van der Waals surface area contributed by atoms with Gasteiger partial charge in [-0.25, -0.2) is 4.98 Å². The zero-order valence-electron chi connectivity index (χ0n) is 11.2. The second-order valence-electron chi connectivity index (χ2n) is 5.75. The highest BCUT2D eigenvalue weighted by Gasteiger charge is 2.35. The third-order valence-electron chi connectivity index (χ3n) is 4.69. The van der Waals surface area contributed by atoms with E-state index in [1.54, 1.807) is 6.20 Å². The summed E-state index contributed by atoms with van der Waals surface area (Å²) in [6.07, 6.45) is 6.86. The highest BCUT2D eigenvalue weighted by atomic mass is 15.2. The van der Waals surface area contributed by atoms with Gasteiger partial charge in [0, 0.05) is 19.3 Å². The normalized spacial score (nSPS) is 22.2. The third kappa shape index (κ3) is 2.57. The van der Waals surface area contributed by atoms with Gasteiger partial charge in [0.25, 0.3) is 0 Å². The zero-order chi connectivity index (χ0) is 13.1. The molecule has 0 aromatic carbocycles. The summed E-state index contributed by atoms with van der Waals surface area (Å²) < 4.78 is 0. The molecule has 2 saturated heterocycles. The first-order chi connectivity index (χ1) is 9.31. The van der Waals surface area contributed by atoms with Crippen molar-refractivity contribution in [2.24, 2.45) is 5.41 Å². The SMILES string of the molecule is N#Cc1ccc(N2CCC3(CCNCC3)CC2)nc1. The van der Waals surface area contributed by atoms with Crippen molar-refractivity contribution in [3.8, 4) is 6.07 Å². The molecule has 0 unspecified atom stereocenters. The smallest absolute Gasteiger partial charge is 0.128 e. The molecule has 0 aliphatic carbocycles. The summed E-state index contributed by atoms with van der Waals surface area (Å²) >= 11 is 0. The van der Waals surface area contributed by atoms with E-state index in [9.17, 15) is 0 Å². The average molecular weight is 256 g/mol. The molecule has 2 aliphatic rings. The van der Waals surface area contributed by atoms with Gasteiger partial charge in [-0.2, -0.15) is 5.26 Å². The fraction of sp³-hybridized carbons (Fsp3) is 0.600. The largest absolute Gasteiger partial charge is 0.357 e. The number of nitriles is 1.